The Hall–Kier alpha value is -1.98. The first kappa shape index (κ1) is 17.4. The van der Waals surface area contributed by atoms with Gasteiger partial charge in [0.15, 0.2) is 0 Å². The number of carbonyl (C=O) groups is 1. The molecule has 0 aliphatic carbocycles. The molecule has 0 aliphatic rings. The first-order valence-electron chi connectivity index (χ1n) is 7.66. The van der Waals surface area contributed by atoms with Crippen molar-refractivity contribution in [3.8, 4) is 0 Å². The van der Waals surface area contributed by atoms with Crippen molar-refractivity contribution in [2.45, 2.75) is 32.9 Å². The molecule has 1 N–H and O–H groups in total. The van der Waals surface area contributed by atoms with E-state index in [1.54, 1.807) is 34.6 Å². The SMILES string of the molecule is Cc1ncc(/C=C/C(=O)N(Cc2ccccc2)C(C)CCO)s1. The van der Waals surface area contributed by atoms with Crippen molar-refractivity contribution in [1.29, 1.82) is 0 Å². The molecule has 0 fully saturated rings. The molecule has 2 rings (SSSR count). The fraction of sp³-hybridized carbons (Fsp3) is 0.333. The summed E-state index contributed by atoms with van der Waals surface area (Å²) in [6, 6.07) is 9.86. The van der Waals surface area contributed by atoms with Crippen LogP contribution in [-0.2, 0) is 11.3 Å². The molecular weight excluding hydrogens is 308 g/mol. The Morgan fingerprint density at radius 2 is 2.13 bits per heavy atom. The van der Waals surface area contributed by atoms with Crippen LogP contribution in [0, 0.1) is 6.92 Å². The maximum absolute atomic E-state index is 12.6. The molecule has 1 amide bonds. The minimum Gasteiger partial charge on any atom is -0.396 e. The summed E-state index contributed by atoms with van der Waals surface area (Å²) in [5.41, 5.74) is 1.08. The van der Waals surface area contributed by atoms with Gasteiger partial charge < -0.3 is 10.0 Å². The third-order valence-corrected chi connectivity index (χ3v) is 4.47. The Morgan fingerprint density at radius 3 is 2.74 bits per heavy atom. The summed E-state index contributed by atoms with van der Waals surface area (Å²) in [6.07, 6.45) is 5.72. The molecule has 122 valence electrons. The molecule has 1 aromatic heterocycles. The van der Waals surface area contributed by atoms with Gasteiger partial charge in [-0.15, -0.1) is 11.3 Å². The average molecular weight is 330 g/mol. The van der Waals surface area contributed by atoms with Gasteiger partial charge in [0.25, 0.3) is 0 Å². The third kappa shape index (κ3) is 5.30. The monoisotopic (exact) mass is 330 g/mol. The number of aromatic nitrogens is 1. The zero-order chi connectivity index (χ0) is 16.7. The summed E-state index contributed by atoms with van der Waals surface area (Å²) in [5, 5.41) is 10.2. The highest BCUT2D eigenvalue weighted by atomic mass is 32.1. The van der Waals surface area contributed by atoms with Crippen LogP contribution in [0.1, 0.15) is 28.8 Å². The van der Waals surface area contributed by atoms with Gasteiger partial charge in [0.05, 0.1) is 5.01 Å². The van der Waals surface area contributed by atoms with Crippen LogP contribution in [-0.4, -0.2) is 33.5 Å². The maximum Gasteiger partial charge on any atom is 0.247 e. The van der Waals surface area contributed by atoms with Crippen LogP contribution in [0.4, 0.5) is 0 Å². The van der Waals surface area contributed by atoms with Crippen LogP contribution in [0.25, 0.3) is 6.08 Å². The van der Waals surface area contributed by atoms with Gasteiger partial charge in [-0.2, -0.15) is 0 Å². The second-order valence-electron chi connectivity index (χ2n) is 5.43. The van der Waals surface area contributed by atoms with E-state index in [9.17, 15) is 9.90 Å². The second-order valence-corrected chi connectivity index (χ2v) is 6.69. The number of rotatable bonds is 7. The van der Waals surface area contributed by atoms with E-state index < -0.39 is 0 Å². The van der Waals surface area contributed by atoms with Crippen LogP contribution in [0.5, 0.6) is 0 Å². The predicted molar refractivity (Wildman–Crippen MR) is 94.0 cm³/mol. The highest BCUT2D eigenvalue weighted by Gasteiger charge is 2.18. The lowest BCUT2D eigenvalue weighted by Crippen LogP contribution is -2.37. The highest BCUT2D eigenvalue weighted by Crippen LogP contribution is 2.15. The number of amides is 1. The molecule has 1 aromatic carbocycles. The number of thiazole rings is 1. The summed E-state index contributed by atoms with van der Waals surface area (Å²) in [4.78, 5) is 19.5. The number of carbonyl (C=O) groups excluding carboxylic acids is 1. The third-order valence-electron chi connectivity index (χ3n) is 3.59. The van der Waals surface area contributed by atoms with Crippen molar-refractivity contribution in [1.82, 2.24) is 9.88 Å². The molecule has 0 saturated carbocycles. The number of hydrogen-bond acceptors (Lipinski definition) is 4. The molecule has 1 heterocycles. The van der Waals surface area contributed by atoms with Gasteiger partial charge in [-0.25, -0.2) is 4.98 Å². The van der Waals surface area contributed by atoms with Gasteiger partial charge >= 0.3 is 0 Å². The molecule has 0 spiro atoms. The van der Waals surface area contributed by atoms with Gasteiger partial charge in [0, 0.05) is 36.3 Å². The van der Waals surface area contributed by atoms with Crippen molar-refractivity contribution in [2.24, 2.45) is 0 Å². The van der Waals surface area contributed by atoms with Gasteiger partial charge in [0.1, 0.15) is 0 Å². The van der Waals surface area contributed by atoms with Crippen LogP contribution in [0.2, 0.25) is 0 Å². The molecule has 4 nitrogen and oxygen atoms in total. The number of benzene rings is 1. The minimum absolute atomic E-state index is 0.0273. The van der Waals surface area contributed by atoms with E-state index in [0.29, 0.717) is 13.0 Å². The standard InChI is InChI=1S/C18H22N2O2S/c1-14(10-11-21)20(13-16-6-4-3-5-7-16)18(22)9-8-17-12-19-15(2)23-17/h3-9,12,14,21H,10-11,13H2,1-2H3/b9-8+. The lowest BCUT2D eigenvalue weighted by Gasteiger charge is -2.28. The van der Waals surface area contributed by atoms with Gasteiger partial charge in [-0.1, -0.05) is 30.3 Å². The lowest BCUT2D eigenvalue weighted by atomic mass is 10.1. The molecule has 0 bridgehead atoms. The molecule has 1 atom stereocenters. The van der Waals surface area contributed by atoms with Crippen LogP contribution in [0.15, 0.2) is 42.6 Å². The molecular formula is C18H22N2O2S. The predicted octanol–water partition coefficient (Wildman–Crippen LogP) is 3.26. The zero-order valence-corrected chi connectivity index (χ0v) is 14.3. The number of nitrogens with zero attached hydrogens (tertiary/aromatic N) is 2. The largest absolute Gasteiger partial charge is 0.396 e. The van der Waals surface area contributed by atoms with Gasteiger partial charge in [-0.05, 0) is 31.9 Å². The minimum atomic E-state index is -0.0548. The first-order valence-corrected chi connectivity index (χ1v) is 8.47. The van der Waals surface area contributed by atoms with Crippen LogP contribution in [0.3, 0.4) is 0 Å². The number of aliphatic hydroxyl groups excluding tert-OH is 1. The Balaban J connectivity index is 2.11. The second kappa shape index (κ2) is 8.60. The summed E-state index contributed by atoms with van der Waals surface area (Å²) < 4.78 is 0. The molecule has 0 radical (unpaired) electrons. The smallest absolute Gasteiger partial charge is 0.247 e. The van der Waals surface area contributed by atoms with E-state index in [-0.39, 0.29) is 18.6 Å². The maximum atomic E-state index is 12.6. The number of aliphatic hydroxyl groups is 1. The van der Waals surface area contributed by atoms with Crippen molar-refractivity contribution >= 4 is 23.3 Å². The summed E-state index contributed by atoms with van der Waals surface area (Å²) in [6.45, 7) is 4.50. The van der Waals surface area contributed by atoms with Crippen molar-refractivity contribution in [3.05, 3.63) is 58.1 Å². The van der Waals surface area contributed by atoms with Crippen LogP contribution < -0.4 is 0 Å². The molecule has 0 aliphatic heterocycles. The molecule has 2 aromatic rings. The van der Waals surface area contributed by atoms with Crippen molar-refractivity contribution in [2.75, 3.05) is 6.61 Å². The Bertz CT molecular complexity index is 652. The quantitative estimate of drug-likeness (QED) is 0.793. The lowest BCUT2D eigenvalue weighted by molar-refractivity contribution is -0.128. The van der Waals surface area contributed by atoms with E-state index in [4.69, 9.17) is 0 Å². The molecule has 23 heavy (non-hydrogen) atoms. The summed E-state index contributed by atoms with van der Waals surface area (Å²) in [7, 11) is 0. The van der Waals surface area contributed by atoms with E-state index in [1.165, 1.54) is 0 Å². The fourth-order valence-electron chi connectivity index (χ4n) is 2.28. The van der Waals surface area contributed by atoms with E-state index in [0.717, 1.165) is 15.4 Å². The van der Waals surface area contributed by atoms with Gasteiger partial charge in [0.2, 0.25) is 5.91 Å². The summed E-state index contributed by atoms with van der Waals surface area (Å²) in [5.74, 6) is -0.0548. The number of aryl methyl sites for hydroxylation is 1. The zero-order valence-electron chi connectivity index (χ0n) is 13.5. The topological polar surface area (TPSA) is 53.4 Å². The normalized spacial score (nSPS) is 12.5. The first-order chi connectivity index (χ1) is 11.1. The highest BCUT2D eigenvalue weighted by molar-refractivity contribution is 7.12. The Labute approximate surface area is 141 Å². The Kier molecular flexibility index (Phi) is 6.50. The summed E-state index contributed by atoms with van der Waals surface area (Å²) >= 11 is 1.56. The number of hydrogen-bond donors (Lipinski definition) is 1. The average Bonchev–Trinajstić information content (AvgIpc) is 2.97. The fourth-order valence-corrected chi connectivity index (χ4v) is 2.97. The molecule has 1 unspecified atom stereocenters. The molecule has 0 saturated heterocycles. The van der Waals surface area contributed by atoms with Crippen LogP contribution >= 0.6 is 11.3 Å². The van der Waals surface area contributed by atoms with E-state index >= 15 is 0 Å². The van der Waals surface area contributed by atoms with Crippen molar-refractivity contribution in [3.63, 3.8) is 0 Å². The van der Waals surface area contributed by atoms with Crippen molar-refractivity contribution < 1.29 is 9.90 Å². The molecule has 5 heteroatoms. The van der Waals surface area contributed by atoms with E-state index in [2.05, 4.69) is 4.98 Å². The Morgan fingerprint density at radius 1 is 1.39 bits per heavy atom. The van der Waals surface area contributed by atoms with E-state index in [1.807, 2.05) is 44.2 Å². The van der Waals surface area contributed by atoms with Gasteiger partial charge in [-0.3, -0.25) is 4.79 Å².